The van der Waals surface area contributed by atoms with Crippen molar-refractivity contribution in [2.45, 2.75) is 11.9 Å². The molecule has 0 aliphatic carbocycles. The highest BCUT2D eigenvalue weighted by Crippen LogP contribution is 2.27. The smallest absolute Gasteiger partial charge is 0.276 e. The van der Waals surface area contributed by atoms with Gasteiger partial charge < -0.3 is 0 Å². The number of hydrogen-bond donors (Lipinski definition) is 1. The fourth-order valence-electron chi connectivity index (χ4n) is 2.04. The minimum atomic E-state index is -3.80. The van der Waals surface area contributed by atoms with Crippen molar-refractivity contribution >= 4 is 38.2 Å². The number of aryl methyl sites for hydroxylation is 1. The van der Waals surface area contributed by atoms with E-state index in [0.717, 1.165) is 10.9 Å². The number of nitrogens with one attached hydrogen (secondary N) is 1. The van der Waals surface area contributed by atoms with Crippen LogP contribution in [0.1, 0.15) is 5.56 Å². The number of benzene rings is 1. The molecular weight excluding hydrogens is 322 g/mol. The number of fused-ring (bicyclic) bond motifs is 1. The first kappa shape index (κ1) is 14.7. The van der Waals surface area contributed by atoms with Gasteiger partial charge in [0, 0.05) is 22.8 Å². The minimum Gasteiger partial charge on any atom is -0.276 e. The van der Waals surface area contributed by atoms with E-state index in [1.54, 1.807) is 24.4 Å². The lowest BCUT2D eigenvalue weighted by Crippen LogP contribution is -2.15. The quantitative estimate of drug-likeness (QED) is 0.797. The van der Waals surface area contributed by atoms with E-state index in [-0.39, 0.29) is 5.03 Å². The normalized spacial score (nSPS) is 11.5. The van der Waals surface area contributed by atoms with E-state index in [1.807, 2.05) is 13.0 Å². The van der Waals surface area contributed by atoms with Gasteiger partial charge in [-0.3, -0.25) is 9.71 Å². The third-order valence-electron chi connectivity index (χ3n) is 3.07. The predicted molar refractivity (Wildman–Crippen MR) is 86.5 cm³/mol. The van der Waals surface area contributed by atoms with Gasteiger partial charge in [0.25, 0.3) is 10.0 Å². The molecule has 0 fully saturated rings. The fourth-order valence-corrected chi connectivity index (χ4v) is 3.26. The van der Waals surface area contributed by atoms with Gasteiger partial charge in [0.1, 0.15) is 0 Å². The Morgan fingerprint density at radius 2 is 1.95 bits per heavy atom. The van der Waals surface area contributed by atoms with E-state index in [2.05, 4.69) is 14.7 Å². The second kappa shape index (κ2) is 5.55. The summed E-state index contributed by atoms with van der Waals surface area (Å²) in [5.74, 6) is 0. The van der Waals surface area contributed by atoms with Crippen molar-refractivity contribution in [2.24, 2.45) is 0 Å². The van der Waals surface area contributed by atoms with Gasteiger partial charge in [-0.2, -0.15) is 8.42 Å². The maximum absolute atomic E-state index is 12.4. The van der Waals surface area contributed by atoms with Crippen LogP contribution in [-0.4, -0.2) is 18.4 Å². The maximum Gasteiger partial charge on any atom is 0.279 e. The molecular formula is C15H12ClN3O2S. The Labute approximate surface area is 133 Å². The van der Waals surface area contributed by atoms with Crippen molar-refractivity contribution in [3.63, 3.8) is 0 Å². The molecule has 1 aromatic carbocycles. The largest absolute Gasteiger partial charge is 0.279 e. The number of anilines is 1. The van der Waals surface area contributed by atoms with Crippen LogP contribution in [0, 0.1) is 6.92 Å². The Morgan fingerprint density at radius 3 is 2.68 bits per heavy atom. The molecule has 0 aliphatic heterocycles. The van der Waals surface area contributed by atoms with Crippen LogP contribution in [0.3, 0.4) is 0 Å². The lowest BCUT2D eigenvalue weighted by atomic mass is 10.2. The summed E-state index contributed by atoms with van der Waals surface area (Å²) in [5.41, 5.74) is 1.74. The summed E-state index contributed by atoms with van der Waals surface area (Å²) >= 11 is 6.04. The molecule has 2 aromatic heterocycles. The summed E-state index contributed by atoms with van der Waals surface area (Å²) in [5, 5.41) is 1.13. The zero-order valence-corrected chi connectivity index (χ0v) is 13.2. The number of pyridine rings is 2. The van der Waals surface area contributed by atoms with E-state index in [9.17, 15) is 8.42 Å². The first-order chi connectivity index (χ1) is 10.5. The van der Waals surface area contributed by atoms with Gasteiger partial charge in [-0.25, -0.2) is 4.98 Å². The first-order valence-electron chi connectivity index (χ1n) is 6.45. The zero-order valence-electron chi connectivity index (χ0n) is 11.6. The van der Waals surface area contributed by atoms with Crippen LogP contribution in [0.25, 0.3) is 10.9 Å². The third-order valence-corrected chi connectivity index (χ3v) is 4.57. The van der Waals surface area contributed by atoms with Gasteiger partial charge in [-0.15, -0.1) is 0 Å². The first-order valence-corrected chi connectivity index (χ1v) is 8.31. The predicted octanol–water partition coefficient (Wildman–Crippen LogP) is 3.39. The molecule has 1 N–H and O–H groups in total. The standard InChI is InChI=1S/C15H12ClN3O2S/c1-10-4-5-14(18-9-10)22(20,21)19-13-8-12(16)7-11-3-2-6-17-15(11)13/h2-9,19H,1H3. The molecule has 0 aliphatic rings. The molecule has 0 spiro atoms. The second-order valence-corrected chi connectivity index (χ2v) is 6.87. The molecule has 0 bridgehead atoms. The number of halogens is 1. The van der Waals surface area contributed by atoms with Crippen LogP contribution in [-0.2, 0) is 10.0 Å². The van der Waals surface area contributed by atoms with Crippen LogP contribution in [0.15, 0.2) is 53.8 Å². The number of nitrogens with zero attached hydrogens (tertiary/aromatic N) is 2. The van der Waals surface area contributed by atoms with E-state index < -0.39 is 10.0 Å². The van der Waals surface area contributed by atoms with Gasteiger partial charge >= 0.3 is 0 Å². The van der Waals surface area contributed by atoms with Crippen molar-refractivity contribution in [3.05, 3.63) is 59.4 Å². The molecule has 22 heavy (non-hydrogen) atoms. The average molecular weight is 334 g/mol. The number of hydrogen-bond acceptors (Lipinski definition) is 4. The van der Waals surface area contributed by atoms with Crippen molar-refractivity contribution in [3.8, 4) is 0 Å². The third kappa shape index (κ3) is 2.88. The minimum absolute atomic E-state index is 0.0536. The van der Waals surface area contributed by atoms with Crippen LogP contribution >= 0.6 is 11.6 Å². The zero-order chi connectivity index (χ0) is 15.7. The molecule has 2 heterocycles. The molecule has 0 saturated carbocycles. The van der Waals surface area contributed by atoms with Crippen molar-refractivity contribution < 1.29 is 8.42 Å². The summed E-state index contributed by atoms with van der Waals surface area (Å²) in [6.07, 6.45) is 3.10. The van der Waals surface area contributed by atoms with Gasteiger partial charge in [-0.05, 0) is 36.8 Å². The van der Waals surface area contributed by atoms with Crippen LogP contribution < -0.4 is 4.72 Å². The molecule has 0 unspecified atom stereocenters. The van der Waals surface area contributed by atoms with E-state index in [0.29, 0.717) is 16.2 Å². The summed E-state index contributed by atoms with van der Waals surface area (Å²) in [7, 11) is -3.80. The average Bonchev–Trinajstić information content (AvgIpc) is 2.47. The second-order valence-electron chi connectivity index (χ2n) is 4.81. The van der Waals surface area contributed by atoms with Gasteiger partial charge in [-0.1, -0.05) is 23.7 Å². The van der Waals surface area contributed by atoms with E-state index in [1.165, 1.54) is 18.3 Å². The number of sulfonamides is 1. The molecule has 3 aromatic rings. The fraction of sp³-hybridized carbons (Fsp3) is 0.0667. The summed E-state index contributed by atoms with van der Waals surface area (Å²) in [4.78, 5) is 8.15. The highest BCUT2D eigenvalue weighted by molar-refractivity contribution is 7.92. The molecule has 0 saturated heterocycles. The van der Waals surface area contributed by atoms with Gasteiger partial charge in [0.05, 0.1) is 11.2 Å². The Balaban J connectivity index is 2.07. The summed E-state index contributed by atoms with van der Waals surface area (Å²) in [6, 6.07) is 9.98. The monoisotopic (exact) mass is 333 g/mol. The highest BCUT2D eigenvalue weighted by Gasteiger charge is 2.17. The highest BCUT2D eigenvalue weighted by atomic mass is 35.5. The number of aromatic nitrogens is 2. The Bertz CT molecular complexity index is 941. The summed E-state index contributed by atoms with van der Waals surface area (Å²) < 4.78 is 27.3. The van der Waals surface area contributed by atoms with Crippen LogP contribution in [0.4, 0.5) is 5.69 Å². The van der Waals surface area contributed by atoms with E-state index >= 15 is 0 Å². The summed E-state index contributed by atoms with van der Waals surface area (Å²) in [6.45, 7) is 1.84. The Hall–Kier alpha value is -2.18. The molecule has 112 valence electrons. The van der Waals surface area contributed by atoms with Crippen molar-refractivity contribution in [1.29, 1.82) is 0 Å². The molecule has 0 atom stereocenters. The van der Waals surface area contributed by atoms with Crippen LogP contribution in [0.5, 0.6) is 0 Å². The molecule has 0 radical (unpaired) electrons. The van der Waals surface area contributed by atoms with Crippen molar-refractivity contribution in [2.75, 3.05) is 4.72 Å². The lowest BCUT2D eigenvalue weighted by Gasteiger charge is -2.10. The van der Waals surface area contributed by atoms with E-state index in [4.69, 9.17) is 11.6 Å². The Kier molecular flexibility index (Phi) is 3.72. The lowest BCUT2D eigenvalue weighted by molar-refractivity contribution is 0.597. The maximum atomic E-state index is 12.4. The van der Waals surface area contributed by atoms with Gasteiger partial charge in [0.2, 0.25) is 0 Å². The SMILES string of the molecule is Cc1ccc(S(=O)(=O)Nc2cc(Cl)cc3cccnc23)nc1. The molecule has 5 nitrogen and oxygen atoms in total. The van der Waals surface area contributed by atoms with Crippen molar-refractivity contribution in [1.82, 2.24) is 9.97 Å². The Morgan fingerprint density at radius 1 is 1.14 bits per heavy atom. The molecule has 7 heteroatoms. The molecule has 3 rings (SSSR count). The van der Waals surface area contributed by atoms with Crippen LogP contribution in [0.2, 0.25) is 5.02 Å². The topological polar surface area (TPSA) is 72.0 Å². The molecule has 0 amide bonds. The van der Waals surface area contributed by atoms with Gasteiger partial charge in [0.15, 0.2) is 5.03 Å². The number of rotatable bonds is 3.